The van der Waals surface area contributed by atoms with Gasteiger partial charge in [0.25, 0.3) is 0 Å². The zero-order valence-corrected chi connectivity index (χ0v) is 8.28. The van der Waals surface area contributed by atoms with E-state index < -0.39 is 5.60 Å². The first-order chi connectivity index (χ1) is 5.94. The largest absolute Gasteiger partial charge is 0.388 e. The Kier molecular flexibility index (Phi) is 2.68. The summed E-state index contributed by atoms with van der Waals surface area (Å²) < 4.78 is 1.67. The maximum Gasteiger partial charge on any atom is 0.147 e. The molecule has 5 heteroatoms. The van der Waals surface area contributed by atoms with E-state index in [1.165, 1.54) is 0 Å². The van der Waals surface area contributed by atoms with Gasteiger partial charge in [0.05, 0.1) is 5.60 Å². The Morgan fingerprint density at radius 3 is 2.62 bits per heavy atom. The second-order valence-corrected chi connectivity index (χ2v) is 3.58. The summed E-state index contributed by atoms with van der Waals surface area (Å²) in [5.74, 6) is 1.47. The molecule has 0 bridgehead atoms. The van der Waals surface area contributed by atoms with Gasteiger partial charge >= 0.3 is 0 Å². The molecule has 74 valence electrons. The van der Waals surface area contributed by atoms with Crippen molar-refractivity contribution in [2.24, 2.45) is 12.8 Å². The van der Waals surface area contributed by atoms with Crippen LogP contribution in [0.1, 0.15) is 18.6 Å². The van der Waals surface area contributed by atoms with Crippen LogP contribution in [0.2, 0.25) is 0 Å². The van der Waals surface area contributed by atoms with Gasteiger partial charge in [-0.3, -0.25) is 4.68 Å². The molecular weight excluding hydrogens is 168 g/mol. The SMILES string of the molecule is Cc1nc(CC(C)(O)CN)n(C)n1. The standard InChI is InChI=1S/C8H16N4O/c1-6-10-7(12(3)11-6)4-8(2,13)5-9/h13H,4-5,9H2,1-3H3. The minimum atomic E-state index is -0.896. The van der Waals surface area contributed by atoms with Crippen LogP contribution in [-0.2, 0) is 13.5 Å². The third-order valence-electron chi connectivity index (χ3n) is 1.94. The number of aryl methyl sites for hydroxylation is 2. The fraction of sp³-hybridized carbons (Fsp3) is 0.750. The topological polar surface area (TPSA) is 77.0 Å². The van der Waals surface area contributed by atoms with Crippen LogP contribution < -0.4 is 5.73 Å². The van der Waals surface area contributed by atoms with Gasteiger partial charge in [-0.05, 0) is 13.8 Å². The van der Waals surface area contributed by atoms with Crippen LogP contribution in [-0.4, -0.2) is 32.0 Å². The van der Waals surface area contributed by atoms with Crippen molar-refractivity contribution in [2.75, 3.05) is 6.54 Å². The monoisotopic (exact) mass is 184 g/mol. The molecule has 0 aliphatic rings. The fourth-order valence-electron chi connectivity index (χ4n) is 1.12. The molecule has 0 aliphatic carbocycles. The zero-order valence-electron chi connectivity index (χ0n) is 8.28. The summed E-state index contributed by atoms with van der Waals surface area (Å²) in [6, 6.07) is 0. The van der Waals surface area contributed by atoms with Crippen molar-refractivity contribution in [1.82, 2.24) is 14.8 Å². The molecule has 1 rings (SSSR count). The molecule has 1 atom stereocenters. The number of nitrogens with two attached hydrogens (primary N) is 1. The van der Waals surface area contributed by atoms with Gasteiger partial charge < -0.3 is 10.8 Å². The van der Waals surface area contributed by atoms with E-state index in [0.29, 0.717) is 12.2 Å². The molecule has 0 aliphatic heterocycles. The maximum absolute atomic E-state index is 9.70. The van der Waals surface area contributed by atoms with E-state index in [1.54, 1.807) is 11.6 Å². The van der Waals surface area contributed by atoms with Gasteiger partial charge in [0, 0.05) is 20.0 Å². The van der Waals surface area contributed by atoms with Crippen LogP contribution in [0.25, 0.3) is 0 Å². The van der Waals surface area contributed by atoms with Gasteiger partial charge in [-0.15, -0.1) is 0 Å². The summed E-state index contributed by atoms with van der Waals surface area (Å²) in [4.78, 5) is 4.18. The van der Waals surface area contributed by atoms with Crippen molar-refractivity contribution in [2.45, 2.75) is 25.9 Å². The molecule has 1 aromatic heterocycles. The number of hydrogen-bond acceptors (Lipinski definition) is 4. The van der Waals surface area contributed by atoms with Crippen LogP contribution in [0.5, 0.6) is 0 Å². The highest BCUT2D eigenvalue weighted by atomic mass is 16.3. The number of hydrogen-bond donors (Lipinski definition) is 2. The molecule has 0 aromatic carbocycles. The Morgan fingerprint density at radius 2 is 2.23 bits per heavy atom. The minimum absolute atomic E-state index is 0.221. The second-order valence-electron chi connectivity index (χ2n) is 3.58. The molecular formula is C8H16N4O. The van der Waals surface area contributed by atoms with Gasteiger partial charge in [-0.25, -0.2) is 4.98 Å². The summed E-state index contributed by atoms with van der Waals surface area (Å²) in [7, 11) is 1.81. The van der Waals surface area contributed by atoms with E-state index in [1.807, 2.05) is 14.0 Å². The summed E-state index contributed by atoms with van der Waals surface area (Å²) >= 11 is 0. The normalized spacial score (nSPS) is 15.8. The highest BCUT2D eigenvalue weighted by Gasteiger charge is 2.21. The molecule has 0 amide bonds. The third-order valence-corrected chi connectivity index (χ3v) is 1.94. The van der Waals surface area contributed by atoms with Gasteiger partial charge in [-0.2, -0.15) is 5.10 Å². The summed E-state index contributed by atoms with van der Waals surface area (Å²) in [6.45, 7) is 3.73. The van der Waals surface area contributed by atoms with Crippen molar-refractivity contribution in [1.29, 1.82) is 0 Å². The van der Waals surface area contributed by atoms with Crippen molar-refractivity contribution in [3.8, 4) is 0 Å². The number of nitrogens with zero attached hydrogens (tertiary/aromatic N) is 3. The lowest BCUT2D eigenvalue weighted by Gasteiger charge is -2.19. The predicted octanol–water partition coefficient (Wildman–Crippen LogP) is -0.624. The summed E-state index contributed by atoms with van der Waals surface area (Å²) in [6.07, 6.45) is 0.431. The molecule has 13 heavy (non-hydrogen) atoms. The Hall–Kier alpha value is -0.940. The lowest BCUT2D eigenvalue weighted by Crippen LogP contribution is -2.37. The number of aromatic nitrogens is 3. The molecule has 5 nitrogen and oxygen atoms in total. The zero-order chi connectivity index (χ0) is 10.1. The van der Waals surface area contributed by atoms with Gasteiger partial charge in [0.15, 0.2) is 0 Å². The fourth-order valence-corrected chi connectivity index (χ4v) is 1.12. The molecule has 1 unspecified atom stereocenters. The van der Waals surface area contributed by atoms with E-state index >= 15 is 0 Å². The number of aliphatic hydroxyl groups is 1. The van der Waals surface area contributed by atoms with Crippen LogP contribution in [0.3, 0.4) is 0 Å². The van der Waals surface area contributed by atoms with Crippen LogP contribution in [0, 0.1) is 6.92 Å². The lowest BCUT2D eigenvalue weighted by molar-refractivity contribution is 0.0666. The van der Waals surface area contributed by atoms with Crippen molar-refractivity contribution in [3.05, 3.63) is 11.6 Å². The first kappa shape index (κ1) is 10.1. The second kappa shape index (κ2) is 3.43. The van der Waals surface area contributed by atoms with Crippen LogP contribution in [0.15, 0.2) is 0 Å². The van der Waals surface area contributed by atoms with Gasteiger partial charge in [0.2, 0.25) is 0 Å². The average molecular weight is 184 g/mol. The van der Waals surface area contributed by atoms with E-state index in [4.69, 9.17) is 5.73 Å². The van der Waals surface area contributed by atoms with E-state index in [9.17, 15) is 5.11 Å². The first-order valence-electron chi connectivity index (χ1n) is 4.23. The lowest BCUT2D eigenvalue weighted by atomic mass is 10.0. The molecule has 1 heterocycles. The minimum Gasteiger partial charge on any atom is -0.388 e. The van der Waals surface area contributed by atoms with Gasteiger partial charge in [-0.1, -0.05) is 0 Å². The first-order valence-corrected chi connectivity index (χ1v) is 4.23. The van der Waals surface area contributed by atoms with Gasteiger partial charge in [0.1, 0.15) is 11.6 Å². The summed E-state index contributed by atoms with van der Waals surface area (Å²) in [5, 5.41) is 13.8. The molecule has 3 N–H and O–H groups in total. The van der Waals surface area contributed by atoms with E-state index in [-0.39, 0.29) is 6.54 Å². The van der Waals surface area contributed by atoms with Crippen molar-refractivity contribution >= 4 is 0 Å². The molecule has 0 fully saturated rings. The Labute approximate surface area is 77.6 Å². The molecule has 0 saturated heterocycles. The Balaban J connectivity index is 2.79. The van der Waals surface area contributed by atoms with Crippen LogP contribution in [0.4, 0.5) is 0 Å². The molecule has 0 radical (unpaired) electrons. The molecule has 0 spiro atoms. The maximum atomic E-state index is 9.70. The molecule has 0 saturated carbocycles. The molecule has 1 aromatic rings. The smallest absolute Gasteiger partial charge is 0.147 e. The van der Waals surface area contributed by atoms with E-state index in [2.05, 4.69) is 10.1 Å². The Bertz CT molecular complexity index is 292. The van der Waals surface area contributed by atoms with Crippen molar-refractivity contribution < 1.29 is 5.11 Å². The quantitative estimate of drug-likeness (QED) is 0.656. The highest BCUT2D eigenvalue weighted by Crippen LogP contribution is 2.09. The number of rotatable bonds is 3. The van der Waals surface area contributed by atoms with E-state index in [0.717, 1.165) is 5.82 Å². The summed E-state index contributed by atoms with van der Waals surface area (Å²) in [5.41, 5.74) is 4.51. The average Bonchev–Trinajstić information content (AvgIpc) is 2.30. The Morgan fingerprint density at radius 1 is 1.62 bits per heavy atom. The van der Waals surface area contributed by atoms with Crippen LogP contribution >= 0.6 is 0 Å². The third kappa shape index (κ3) is 2.50. The predicted molar refractivity (Wildman–Crippen MR) is 49.1 cm³/mol. The highest BCUT2D eigenvalue weighted by molar-refractivity contribution is 4.96. The van der Waals surface area contributed by atoms with Crippen molar-refractivity contribution in [3.63, 3.8) is 0 Å².